The first-order valence-corrected chi connectivity index (χ1v) is 10.4. The lowest BCUT2D eigenvalue weighted by Crippen LogP contribution is -2.52. The number of hydrogen-bond acceptors (Lipinski definition) is 4. The van der Waals surface area contributed by atoms with Crippen LogP contribution in [-0.2, 0) is 13.1 Å². The Labute approximate surface area is 172 Å². The number of hydrogen-bond donors (Lipinski definition) is 2. The van der Waals surface area contributed by atoms with E-state index >= 15 is 0 Å². The summed E-state index contributed by atoms with van der Waals surface area (Å²) < 4.78 is 5.37. The molecule has 29 heavy (non-hydrogen) atoms. The van der Waals surface area contributed by atoms with Crippen LogP contribution in [0.2, 0.25) is 0 Å². The van der Waals surface area contributed by atoms with Crippen LogP contribution in [0.3, 0.4) is 0 Å². The number of nitrogens with zero attached hydrogens (tertiary/aromatic N) is 2. The summed E-state index contributed by atoms with van der Waals surface area (Å²) in [6.07, 6.45) is 0.798. The number of piperazine rings is 1. The highest BCUT2D eigenvalue weighted by Gasteiger charge is 2.27. The third-order valence-corrected chi connectivity index (χ3v) is 6.12. The zero-order valence-electron chi connectivity index (χ0n) is 17.4. The van der Waals surface area contributed by atoms with Crippen molar-refractivity contribution in [3.63, 3.8) is 0 Å². The number of aromatic amines is 1. The summed E-state index contributed by atoms with van der Waals surface area (Å²) in [5.41, 5.74) is 5.11. The summed E-state index contributed by atoms with van der Waals surface area (Å²) in [5, 5.41) is 10.9. The minimum absolute atomic E-state index is 0.221. The molecule has 1 fully saturated rings. The van der Waals surface area contributed by atoms with Crippen molar-refractivity contribution in [2.24, 2.45) is 0 Å². The number of ether oxygens (including phenoxy) is 1. The first-order valence-electron chi connectivity index (χ1n) is 10.4. The molecule has 2 N–H and O–H groups in total. The highest BCUT2D eigenvalue weighted by atomic mass is 16.5. The monoisotopic (exact) mass is 393 g/mol. The van der Waals surface area contributed by atoms with Crippen LogP contribution >= 0.6 is 0 Å². The lowest BCUT2D eigenvalue weighted by atomic mass is 10.1. The minimum Gasteiger partial charge on any atom is -0.497 e. The van der Waals surface area contributed by atoms with Crippen molar-refractivity contribution in [2.75, 3.05) is 33.4 Å². The molecule has 0 spiro atoms. The first kappa shape index (κ1) is 20.0. The molecular formula is C24H31N3O2. The van der Waals surface area contributed by atoms with Gasteiger partial charge in [-0.05, 0) is 42.7 Å². The normalized spacial score (nSPS) is 18.4. The maximum Gasteiger partial charge on any atom is 0.119 e. The Hall–Kier alpha value is -2.34. The molecule has 1 saturated heterocycles. The van der Waals surface area contributed by atoms with E-state index in [1.165, 1.54) is 27.7 Å². The summed E-state index contributed by atoms with van der Waals surface area (Å²) in [6, 6.07) is 17.1. The second-order valence-electron chi connectivity index (χ2n) is 8.00. The quantitative estimate of drug-likeness (QED) is 0.645. The van der Waals surface area contributed by atoms with E-state index in [2.05, 4.69) is 58.1 Å². The molecule has 0 bridgehead atoms. The number of benzene rings is 2. The van der Waals surface area contributed by atoms with Crippen molar-refractivity contribution in [3.05, 3.63) is 65.4 Å². The Morgan fingerprint density at radius 1 is 1.10 bits per heavy atom. The van der Waals surface area contributed by atoms with Crippen LogP contribution in [0.25, 0.3) is 10.9 Å². The standard InChI is InChI=1S/C24H31N3O2/c1-18-22-8-3-4-9-23(22)25-24(18)17-26-11-12-27(20(16-26)10-13-28)15-19-6-5-7-21(14-19)29-2/h3-9,14,20,25,28H,10-13,15-17H2,1-2H3/t20-/m0/s1. The van der Waals surface area contributed by atoms with E-state index < -0.39 is 0 Å². The molecule has 5 heteroatoms. The van der Waals surface area contributed by atoms with E-state index in [1.807, 2.05) is 12.1 Å². The SMILES string of the molecule is COc1cccc(CN2CCN(Cc3[nH]c4ccccc4c3C)C[C@@H]2CCO)c1. The van der Waals surface area contributed by atoms with E-state index in [1.54, 1.807) is 7.11 Å². The zero-order chi connectivity index (χ0) is 20.2. The highest BCUT2D eigenvalue weighted by Crippen LogP contribution is 2.24. The van der Waals surface area contributed by atoms with Gasteiger partial charge in [0.05, 0.1) is 7.11 Å². The maximum atomic E-state index is 9.63. The van der Waals surface area contributed by atoms with Crippen molar-refractivity contribution >= 4 is 10.9 Å². The Morgan fingerprint density at radius 3 is 2.76 bits per heavy atom. The van der Waals surface area contributed by atoms with Gasteiger partial charge in [-0.25, -0.2) is 0 Å². The highest BCUT2D eigenvalue weighted by molar-refractivity contribution is 5.84. The molecule has 1 atom stereocenters. The van der Waals surface area contributed by atoms with Crippen molar-refractivity contribution in [1.29, 1.82) is 0 Å². The van der Waals surface area contributed by atoms with Gasteiger partial charge in [-0.15, -0.1) is 0 Å². The molecule has 154 valence electrons. The lowest BCUT2D eigenvalue weighted by molar-refractivity contribution is 0.0494. The lowest BCUT2D eigenvalue weighted by Gasteiger charge is -2.41. The van der Waals surface area contributed by atoms with Gasteiger partial charge in [-0.1, -0.05) is 30.3 Å². The number of rotatable bonds is 7. The molecule has 0 unspecified atom stereocenters. The summed E-state index contributed by atoms with van der Waals surface area (Å²) in [7, 11) is 1.71. The van der Waals surface area contributed by atoms with Gasteiger partial charge < -0.3 is 14.8 Å². The third kappa shape index (κ3) is 4.47. The predicted molar refractivity (Wildman–Crippen MR) is 117 cm³/mol. The molecule has 3 aromatic rings. The number of H-pyrrole nitrogens is 1. The number of para-hydroxylation sites is 1. The van der Waals surface area contributed by atoms with E-state index in [4.69, 9.17) is 4.74 Å². The van der Waals surface area contributed by atoms with Gasteiger partial charge in [-0.3, -0.25) is 9.80 Å². The Bertz CT molecular complexity index is 952. The number of aromatic nitrogens is 1. The van der Waals surface area contributed by atoms with Crippen LogP contribution < -0.4 is 4.74 Å². The van der Waals surface area contributed by atoms with E-state index in [0.717, 1.165) is 44.9 Å². The van der Waals surface area contributed by atoms with Crippen LogP contribution in [-0.4, -0.2) is 59.3 Å². The molecule has 5 nitrogen and oxygen atoms in total. The van der Waals surface area contributed by atoms with Crippen molar-refractivity contribution < 1.29 is 9.84 Å². The number of aliphatic hydroxyl groups excluding tert-OH is 1. The van der Waals surface area contributed by atoms with Gasteiger partial charge in [-0.2, -0.15) is 0 Å². The second kappa shape index (κ2) is 8.99. The fourth-order valence-corrected chi connectivity index (χ4v) is 4.46. The number of nitrogens with one attached hydrogen (secondary N) is 1. The Morgan fingerprint density at radius 2 is 1.97 bits per heavy atom. The molecule has 1 aliphatic heterocycles. The van der Waals surface area contributed by atoms with Crippen molar-refractivity contribution in [1.82, 2.24) is 14.8 Å². The zero-order valence-corrected chi connectivity index (χ0v) is 17.4. The molecule has 2 heterocycles. The van der Waals surface area contributed by atoms with Crippen molar-refractivity contribution in [3.8, 4) is 5.75 Å². The topological polar surface area (TPSA) is 51.7 Å². The van der Waals surface area contributed by atoms with Crippen LogP contribution in [0.1, 0.15) is 23.2 Å². The number of aliphatic hydroxyl groups is 1. The summed E-state index contributed by atoms with van der Waals surface area (Å²) in [6.45, 7) is 7.24. The molecule has 0 radical (unpaired) electrons. The van der Waals surface area contributed by atoms with Gasteiger partial charge in [0.25, 0.3) is 0 Å². The molecular weight excluding hydrogens is 362 g/mol. The average molecular weight is 394 g/mol. The number of aryl methyl sites for hydroxylation is 1. The largest absolute Gasteiger partial charge is 0.497 e. The number of methoxy groups -OCH3 is 1. The van der Waals surface area contributed by atoms with E-state index in [-0.39, 0.29) is 6.61 Å². The number of fused-ring (bicyclic) bond motifs is 1. The van der Waals surface area contributed by atoms with Crippen LogP contribution in [0, 0.1) is 6.92 Å². The van der Waals surface area contributed by atoms with Gasteiger partial charge >= 0.3 is 0 Å². The molecule has 1 aromatic heterocycles. The molecule has 0 aliphatic carbocycles. The fraction of sp³-hybridized carbons (Fsp3) is 0.417. The third-order valence-electron chi connectivity index (χ3n) is 6.12. The summed E-state index contributed by atoms with van der Waals surface area (Å²) in [5.74, 6) is 0.897. The Balaban J connectivity index is 1.45. The van der Waals surface area contributed by atoms with E-state index in [0.29, 0.717) is 6.04 Å². The molecule has 1 aliphatic rings. The predicted octanol–water partition coefficient (Wildman–Crippen LogP) is 3.55. The molecule has 2 aromatic carbocycles. The second-order valence-corrected chi connectivity index (χ2v) is 8.00. The molecule has 0 saturated carbocycles. The van der Waals surface area contributed by atoms with Gasteiger partial charge in [0, 0.05) is 62.0 Å². The van der Waals surface area contributed by atoms with Gasteiger partial charge in [0.1, 0.15) is 5.75 Å². The molecule has 0 amide bonds. The first-order chi connectivity index (χ1) is 14.2. The summed E-state index contributed by atoms with van der Waals surface area (Å²) in [4.78, 5) is 8.62. The van der Waals surface area contributed by atoms with Crippen LogP contribution in [0.5, 0.6) is 5.75 Å². The smallest absolute Gasteiger partial charge is 0.119 e. The van der Waals surface area contributed by atoms with E-state index in [9.17, 15) is 5.11 Å². The molecule has 4 rings (SSSR count). The Kier molecular flexibility index (Phi) is 6.19. The average Bonchev–Trinajstić information content (AvgIpc) is 3.06. The fourth-order valence-electron chi connectivity index (χ4n) is 4.46. The van der Waals surface area contributed by atoms with Crippen molar-refractivity contribution in [2.45, 2.75) is 32.5 Å². The van der Waals surface area contributed by atoms with Gasteiger partial charge in [0.2, 0.25) is 0 Å². The maximum absolute atomic E-state index is 9.63. The summed E-state index contributed by atoms with van der Waals surface area (Å²) >= 11 is 0. The van der Waals surface area contributed by atoms with Crippen LogP contribution in [0.4, 0.5) is 0 Å². The minimum atomic E-state index is 0.221. The van der Waals surface area contributed by atoms with Gasteiger partial charge in [0.15, 0.2) is 0 Å². The van der Waals surface area contributed by atoms with Crippen LogP contribution in [0.15, 0.2) is 48.5 Å².